The van der Waals surface area contributed by atoms with Crippen LogP contribution in [-0.2, 0) is 0 Å². The smallest absolute Gasteiger partial charge is 0.277 e. The molecule has 0 unspecified atom stereocenters. The lowest BCUT2D eigenvalue weighted by molar-refractivity contribution is 0.101. The quantitative estimate of drug-likeness (QED) is 0.746. The first-order chi connectivity index (χ1) is 12.3. The van der Waals surface area contributed by atoms with Gasteiger partial charge in [-0.2, -0.15) is 0 Å². The molecular formula is C20H15N3O2. The van der Waals surface area contributed by atoms with Crippen LogP contribution in [0.25, 0.3) is 0 Å². The third-order valence-electron chi connectivity index (χ3n) is 3.86. The maximum atomic E-state index is 12.3. The molecule has 2 aromatic heterocycles. The van der Waals surface area contributed by atoms with E-state index >= 15 is 0 Å². The molecule has 0 radical (unpaired) electrons. The average molecular weight is 329 g/mol. The van der Waals surface area contributed by atoms with E-state index in [1.54, 1.807) is 12.3 Å². The zero-order valence-electron chi connectivity index (χ0n) is 13.4. The van der Waals surface area contributed by atoms with E-state index in [2.05, 4.69) is 27.3 Å². The van der Waals surface area contributed by atoms with Crippen molar-refractivity contribution in [2.75, 3.05) is 5.32 Å². The number of amides is 1. The Balaban J connectivity index is 1.47. The molecule has 1 amide bonds. The fourth-order valence-electron chi connectivity index (χ4n) is 2.40. The lowest BCUT2D eigenvalue weighted by atomic mass is 10.2. The maximum Gasteiger partial charge on any atom is 0.277 e. The van der Waals surface area contributed by atoms with E-state index in [9.17, 15) is 4.79 Å². The number of hydrogen-bond donors (Lipinski definition) is 1. The molecule has 1 aliphatic carbocycles. The molecule has 5 heteroatoms. The minimum atomic E-state index is -0.287. The summed E-state index contributed by atoms with van der Waals surface area (Å²) < 4.78 is 5.22. The van der Waals surface area contributed by atoms with Crippen molar-refractivity contribution in [3.8, 4) is 11.8 Å². The second-order valence-corrected chi connectivity index (χ2v) is 5.89. The van der Waals surface area contributed by atoms with Gasteiger partial charge in [-0.15, -0.1) is 0 Å². The highest BCUT2D eigenvalue weighted by Crippen LogP contribution is 2.40. The number of carbonyl (C=O) groups excluding carboxylic acids is 1. The standard InChI is InChI=1S/C20H15N3O2/c24-20(18-13-19(25-23-18)15-8-9-15)22-17-6-3-4-14(12-17)7-10-16-5-1-2-11-21-16/h1-6,11-13,15H,8-9H2,(H,22,24). The largest absolute Gasteiger partial charge is 0.360 e. The molecule has 1 fully saturated rings. The number of nitrogens with one attached hydrogen (secondary N) is 1. The Bertz CT molecular complexity index is 963. The first-order valence-corrected chi connectivity index (χ1v) is 8.09. The van der Waals surface area contributed by atoms with Crippen LogP contribution in [0.15, 0.2) is 59.3 Å². The predicted octanol–water partition coefficient (Wildman–Crippen LogP) is 3.60. The van der Waals surface area contributed by atoms with Crippen molar-refractivity contribution in [3.63, 3.8) is 0 Å². The summed E-state index contributed by atoms with van der Waals surface area (Å²) in [6.07, 6.45) is 3.91. The Hall–Kier alpha value is -3.39. The monoisotopic (exact) mass is 329 g/mol. The highest BCUT2D eigenvalue weighted by molar-refractivity contribution is 6.02. The molecule has 4 rings (SSSR count). The first kappa shape index (κ1) is 15.2. The molecule has 0 bridgehead atoms. The van der Waals surface area contributed by atoms with Crippen molar-refractivity contribution < 1.29 is 9.32 Å². The van der Waals surface area contributed by atoms with E-state index in [-0.39, 0.29) is 5.91 Å². The van der Waals surface area contributed by atoms with Crippen LogP contribution in [0.5, 0.6) is 0 Å². The van der Waals surface area contributed by atoms with Gasteiger partial charge in [0.2, 0.25) is 0 Å². The predicted molar refractivity (Wildman–Crippen MR) is 93.1 cm³/mol. The van der Waals surface area contributed by atoms with Gasteiger partial charge in [-0.05, 0) is 49.1 Å². The minimum Gasteiger partial charge on any atom is -0.360 e. The molecule has 25 heavy (non-hydrogen) atoms. The Morgan fingerprint density at radius 2 is 2.04 bits per heavy atom. The molecule has 0 saturated heterocycles. The van der Waals surface area contributed by atoms with Gasteiger partial charge >= 0.3 is 0 Å². The number of rotatable bonds is 3. The van der Waals surface area contributed by atoms with Gasteiger partial charge in [-0.25, -0.2) is 4.98 Å². The van der Waals surface area contributed by atoms with Crippen molar-refractivity contribution in [1.29, 1.82) is 0 Å². The Morgan fingerprint density at radius 1 is 1.12 bits per heavy atom. The topological polar surface area (TPSA) is 68.0 Å². The second kappa shape index (κ2) is 6.62. The highest BCUT2D eigenvalue weighted by Gasteiger charge is 2.28. The lowest BCUT2D eigenvalue weighted by Gasteiger charge is -2.02. The lowest BCUT2D eigenvalue weighted by Crippen LogP contribution is -2.12. The molecular weight excluding hydrogens is 314 g/mol. The van der Waals surface area contributed by atoms with Crippen LogP contribution in [0.1, 0.15) is 46.3 Å². The van der Waals surface area contributed by atoms with E-state index < -0.39 is 0 Å². The average Bonchev–Trinajstić information content (AvgIpc) is 3.38. The van der Waals surface area contributed by atoms with Gasteiger partial charge in [0, 0.05) is 29.4 Å². The minimum absolute atomic E-state index is 0.287. The van der Waals surface area contributed by atoms with Crippen LogP contribution in [0.3, 0.4) is 0 Å². The molecule has 0 atom stereocenters. The summed E-state index contributed by atoms with van der Waals surface area (Å²) >= 11 is 0. The van der Waals surface area contributed by atoms with E-state index in [4.69, 9.17) is 4.52 Å². The number of carbonyl (C=O) groups is 1. The summed E-state index contributed by atoms with van der Waals surface area (Å²) in [4.78, 5) is 16.4. The summed E-state index contributed by atoms with van der Waals surface area (Å²) in [5, 5.41) is 6.67. The van der Waals surface area contributed by atoms with Gasteiger partial charge in [-0.1, -0.05) is 23.2 Å². The molecule has 1 saturated carbocycles. The van der Waals surface area contributed by atoms with E-state index in [0.29, 0.717) is 23.0 Å². The van der Waals surface area contributed by atoms with E-state index in [1.807, 2.05) is 42.5 Å². The van der Waals surface area contributed by atoms with Crippen LogP contribution in [0, 0.1) is 11.8 Å². The number of pyridine rings is 1. The molecule has 3 aromatic rings. The van der Waals surface area contributed by atoms with Crippen LogP contribution in [0.2, 0.25) is 0 Å². The molecule has 1 N–H and O–H groups in total. The molecule has 1 aliphatic rings. The zero-order chi connectivity index (χ0) is 17.1. The van der Waals surface area contributed by atoms with E-state index in [0.717, 1.165) is 24.2 Å². The Labute approximate surface area is 145 Å². The highest BCUT2D eigenvalue weighted by atomic mass is 16.5. The van der Waals surface area contributed by atoms with E-state index in [1.165, 1.54) is 0 Å². The summed E-state index contributed by atoms with van der Waals surface area (Å²) in [6.45, 7) is 0. The summed E-state index contributed by atoms with van der Waals surface area (Å²) in [5.41, 5.74) is 2.45. The van der Waals surface area contributed by atoms with Crippen molar-refractivity contribution in [2.24, 2.45) is 0 Å². The Kier molecular flexibility index (Phi) is 4.01. The fraction of sp³-hybridized carbons (Fsp3) is 0.150. The zero-order valence-corrected chi connectivity index (χ0v) is 13.4. The molecule has 0 aliphatic heterocycles. The van der Waals surface area contributed by atoms with Crippen LogP contribution < -0.4 is 5.32 Å². The van der Waals surface area contributed by atoms with Gasteiger partial charge in [0.05, 0.1) is 0 Å². The number of aromatic nitrogens is 2. The third-order valence-corrected chi connectivity index (χ3v) is 3.86. The van der Waals surface area contributed by atoms with Crippen LogP contribution in [0.4, 0.5) is 5.69 Å². The normalized spacial score (nSPS) is 13.0. The third kappa shape index (κ3) is 3.75. The van der Waals surface area contributed by atoms with Gasteiger partial charge in [-0.3, -0.25) is 4.79 Å². The van der Waals surface area contributed by atoms with Crippen LogP contribution >= 0.6 is 0 Å². The van der Waals surface area contributed by atoms with Crippen molar-refractivity contribution >= 4 is 11.6 Å². The number of anilines is 1. The molecule has 5 nitrogen and oxygen atoms in total. The molecule has 122 valence electrons. The van der Waals surface area contributed by atoms with Crippen molar-refractivity contribution in [2.45, 2.75) is 18.8 Å². The van der Waals surface area contributed by atoms with Crippen LogP contribution in [-0.4, -0.2) is 16.0 Å². The van der Waals surface area contributed by atoms with Gasteiger partial charge in [0.1, 0.15) is 11.5 Å². The summed E-state index contributed by atoms with van der Waals surface area (Å²) in [7, 11) is 0. The number of nitrogens with zero attached hydrogens (tertiary/aromatic N) is 2. The SMILES string of the molecule is O=C(Nc1cccc(C#Cc2ccccn2)c1)c1cc(C2CC2)on1. The van der Waals surface area contributed by atoms with Crippen molar-refractivity contribution in [3.05, 3.63) is 77.4 Å². The maximum absolute atomic E-state index is 12.3. The van der Waals surface area contributed by atoms with Crippen molar-refractivity contribution in [1.82, 2.24) is 10.1 Å². The molecule has 1 aromatic carbocycles. The number of hydrogen-bond acceptors (Lipinski definition) is 4. The number of benzene rings is 1. The van der Waals surface area contributed by atoms with Gasteiger partial charge < -0.3 is 9.84 Å². The molecule has 0 spiro atoms. The first-order valence-electron chi connectivity index (χ1n) is 8.09. The van der Waals surface area contributed by atoms with Gasteiger partial charge in [0.15, 0.2) is 5.69 Å². The molecule has 2 heterocycles. The Morgan fingerprint density at radius 3 is 2.84 bits per heavy atom. The van der Waals surface area contributed by atoms with Gasteiger partial charge in [0.25, 0.3) is 5.91 Å². The summed E-state index contributed by atoms with van der Waals surface area (Å²) in [6, 6.07) is 14.7. The second-order valence-electron chi connectivity index (χ2n) is 5.89. The summed E-state index contributed by atoms with van der Waals surface area (Å²) in [5.74, 6) is 6.97. The fourth-order valence-corrected chi connectivity index (χ4v) is 2.40.